The summed E-state index contributed by atoms with van der Waals surface area (Å²) in [7, 11) is 3.31. The molecule has 1 saturated heterocycles. The van der Waals surface area contributed by atoms with E-state index in [1.165, 1.54) is 4.90 Å². The summed E-state index contributed by atoms with van der Waals surface area (Å²) in [5, 5.41) is 3.02. The van der Waals surface area contributed by atoms with Crippen LogP contribution in [0.25, 0.3) is 0 Å². The minimum absolute atomic E-state index is 0.00513. The molecular formula is C17H28F3N5O. The molecule has 1 unspecified atom stereocenters. The second-order valence-electron chi connectivity index (χ2n) is 7.14. The minimum atomic E-state index is -4.51. The number of aromatic nitrogens is 2. The fraction of sp³-hybridized carbons (Fsp3) is 0.765. The molecule has 26 heavy (non-hydrogen) atoms. The Hall–Kier alpha value is -1.61. The van der Waals surface area contributed by atoms with Crippen LogP contribution in [0.1, 0.15) is 26.0 Å². The summed E-state index contributed by atoms with van der Waals surface area (Å²) < 4.78 is 44.7. The molecule has 0 radical (unpaired) electrons. The van der Waals surface area contributed by atoms with E-state index in [2.05, 4.69) is 34.0 Å². The maximum Gasteiger partial charge on any atom is 0.433 e. The van der Waals surface area contributed by atoms with E-state index in [-0.39, 0.29) is 17.8 Å². The van der Waals surface area contributed by atoms with Crippen molar-refractivity contribution in [2.75, 3.05) is 57.2 Å². The van der Waals surface area contributed by atoms with Gasteiger partial charge in [-0.05, 0) is 12.3 Å². The van der Waals surface area contributed by atoms with Crippen LogP contribution in [0.5, 0.6) is 0 Å². The molecule has 1 aromatic rings. The van der Waals surface area contributed by atoms with E-state index < -0.39 is 11.9 Å². The molecule has 0 amide bonds. The molecule has 1 aliphatic heterocycles. The fourth-order valence-corrected chi connectivity index (χ4v) is 2.95. The standard InChI is InChI=1S/C17H28F3N5O/c1-12(2)9-13(25-5-7-26-8-6-25)11-21-16-22-14(17(18,19)20)10-15(23-16)24(3)4/h10,12-13H,5-9,11H2,1-4H3,(H,21,22,23). The molecule has 2 heterocycles. The van der Waals surface area contributed by atoms with Gasteiger partial charge in [0.1, 0.15) is 5.82 Å². The average Bonchev–Trinajstić information content (AvgIpc) is 2.58. The number of morpholine rings is 1. The molecule has 1 atom stereocenters. The van der Waals surface area contributed by atoms with Gasteiger partial charge < -0.3 is 15.0 Å². The lowest BCUT2D eigenvalue weighted by molar-refractivity contribution is -0.141. The van der Waals surface area contributed by atoms with Crippen LogP contribution in [0.3, 0.4) is 0 Å². The Bertz CT molecular complexity index is 574. The van der Waals surface area contributed by atoms with E-state index in [0.717, 1.165) is 25.6 Å². The van der Waals surface area contributed by atoms with E-state index in [4.69, 9.17) is 4.74 Å². The number of anilines is 2. The van der Waals surface area contributed by atoms with Gasteiger partial charge in [0.05, 0.1) is 13.2 Å². The predicted octanol–water partition coefficient (Wildman–Crippen LogP) is 2.72. The highest BCUT2D eigenvalue weighted by Crippen LogP contribution is 2.30. The second-order valence-corrected chi connectivity index (χ2v) is 7.14. The van der Waals surface area contributed by atoms with Gasteiger partial charge in [-0.1, -0.05) is 13.8 Å². The van der Waals surface area contributed by atoms with E-state index in [1.807, 2.05) is 0 Å². The first-order valence-electron chi connectivity index (χ1n) is 8.86. The number of hydrogen-bond acceptors (Lipinski definition) is 6. The number of nitrogens with zero attached hydrogens (tertiary/aromatic N) is 4. The molecule has 0 saturated carbocycles. The normalized spacial score (nSPS) is 17.4. The molecule has 1 N–H and O–H groups in total. The van der Waals surface area contributed by atoms with Gasteiger partial charge in [0, 0.05) is 45.8 Å². The summed E-state index contributed by atoms with van der Waals surface area (Å²) in [5.41, 5.74) is -0.939. The van der Waals surface area contributed by atoms with Crippen molar-refractivity contribution >= 4 is 11.8 Å². The Morgan fingerprint density at radius 1 is 1.23 bits per heavy atom. The molecule has 0 aromatic carbocycles. The number of hydrogen-bond donors (Lipinski definition) is 1. The summed E-state index contributed by atoms with van der Waals surface area (Å²) in [6.07, 6.45) is -3.57. The number of rotatable bonds is 7. The van der Waals surface area contributed by atoms with Gasteiger partial charge in [-0.2, -0.15) is 18.2 Å². The van der Waals surface area contributed by atoms with Crippen LogP contribution in [-0.2, 0) is 10.9 Å². The average molecular weight is 375 g/mol. The topological polar surface area (TPSA) is 53.5 Å². The van der Waals surface area contributed by atoms with Gasteiger partial charge in [0.15, 0.2) is 5.69 Å². The Balaban J connectivity index is 2.15. The Morgan fingerprint density at radius 3 is 2.42 bits per heavy atom. The molecule has 1 aromatic heterocycles. The highest BCUT2D eigenvalue weighted by Gasteiger charge is 2.34. The molecule has 0 spiro atoms. The first-order chi connectivity index (χ1) is 12.2. The summed E-state index contributed by atoms with van der Waals surface area (Å²) >= 11 is 0. The van der Waals surface area contributed by atoms with Gasteiger partial charge in [0.2, 0.25) is 5.95 Å². The molecule has 0 aliphatic carbocycles. The van der Waals surface area contributed by atoms with Gasteiger partial charge in [0.25, 0.3) is 0 Å². The second kappa shape index (κ2) is 8.85. The zero-order valence-corrected chi connectivity index (χ0v) is 15.8. The summed E-state index contributed by atoms with van der Waals surface area (Å²) in [4.78, 5) is 11.7. The molecule has 2 rings (SSSR count). The Labute approximate surface area is 152 Å². The quantitative estimate of drug-likeness (QED) is 0.791. The maximum atomic E-state index is 13.1. The first-order valence-corrected chi connectivity index (χ1v) is 8.86. The zero-order valence-electron chi connectivity index (χ0n) is 15.8. The number of halogens is 3. The maximum absolute atomic E-state index is 13.1. The van der Waals surface area contributed by atoms with Crippen molar-refractivity contribution in [1.29, 1.82) is 0 Å². The number of nitrogens with one attached hydrogen (secondary N) is 1. The molecule has 9 heteroatoms. The lowest BCUT2D eigenvalue weighted by Gasteiger charge is -2.35. The van der Waals surface area contributed by atoms with Crippen molar-refractivity contribution < 1.29 is 17.9 Å². The van der Waals surface area contributed by atoms with Gasteiger partial charge in [-0.25, -0.2) is 4.98 Å². The molecule has 1 fully saturated rings. The van der Waals surface area contributed by atoms with E-state index in [0.29, 0.717) is 25.7 Å². The van der Waals surface area contributed by atoms with Gasteiger partial charge >= 0.3 is 6.18 Å². The summed E-state index contributed by atoms with van der Waals surface area (Å²) in [6, 6.07) is 1.15. The smallest absolute Gasteiger partial charge is 0.379 e. The SMILES string of the molecule is CC(C)CC(CNc1nc(N(C)C)cc(C(F)(F)F)n1)N1CCOCC1. The van der Waals surface area contributed by atoms with Crippen LogP contribution in [0.15, 0.2) is 6.07 Å². The first kappa shape index (κ1) is 20.7. The number of ether oxygens (including phenoxy) is 1. The third-order valence-electron chi connectivity index (χ3n) is 4.26. The molecular weight excluding hydrogens is 347 g/mol. The van der Waals surface area contributed by atoms with Crippen molar-refractivity contribution in [1.82, 2.24) is 14.9 Å². The van der Waals surface area contributed by atoms with Crippen molar-refractivity contribution in [2.45, 2.75) is 32.5 Å². The minimum Gasteiger partial charge on any atom is -0.379 e. The van der Waals surface area contributed by atoms with Crippen LogP contribution in [0, 0.1) is 5.92 Å². The van der Waals surface area contributed by atoms with E-state index in [1.54, 1.807) is 14.1 Å². The molecule has 0 bridgehead atoms. The van der Waals surface area contributed by atoms with Crippen LogP contribution >= 0.6 is 0 Å². The predicted molar refractivity (Wildman–Crippen MR) is 95.5 cm³/mol. The van der Waals surface area contributed by atoms with Crippen LogP contribution in [0.4, 0.5) is 24.9 Å². The Morgan fingerprint density at radius 2 is 1.88 bits per heavy atom. The van der Waals surface area contributed by atoms with E-state index in [9.17, 15) is 13.2 Å². The molecule has 1 aliphatic rings. The fourth-order valence-electron chi connectivity index (χ4n) is 2.95. The van der Waals surface area contributed by atoms with Crippen molar-refractivity contribution in [3.05, 3.63) is 11.8 Å². The van der Waals surface area contributed by atoms with Crippen LogP contribution in [-0.4, -0.2) is 67.9 Å². The monoisotopic (exact) mass is 375 g/mol. The molecule has 148 valence electrons. The van der Waals surface area contributed by atoms with Crippen LogP contribution in [0.2, 0.25) is 0 Å². The Kier molecular flexibility index (Phi) is 7.05. The van der Waals surface area contributed by atoms with Gasteiger partial charge in [-0.3, -0.25) is 4.90 Å². The zero-order chi connectivity index (χ0) is 19.3. The highest BCUT2D eigenvalue weighted by atomic mass is 19.4. The largest absolute Gasteiger partial charge is 0.433 e. The lowest BCUT2D eigenvalue weighted by Crippen LogP contribution is -2.47. The lowest BCUT2D eigenvalue weighted by atomic mass is 10.0. The third kappa shape index (κ3) is 5.98. The van der Waals surface area contributed by atoms with Crippen molar-refractivity contribution in [3.8, 4) is 0 Å². The summed E-state index contributed by atoms with van der Waals surface area (Å²) in [6.45, 7) is 7.78. The highest BCUT2D eigenvalue weighted by molar-refractivity contribution is 5.44. The molecule has 6 nitrogen and oxygen atoms in total. The van der Waals surface area contributed by atoms with E-state index >= 15 is 0 Å². The summed E-state index contributed by atoms with van der Waals surface area (Å²) in [5.74, 6) is 0.705. The number of alkyl halides is 3. The van der Waals surface area contributed by atoms with Crippen molar-refractivity contribution in [2.24, 2.45) is 5.92 Å². The van der Waals surface area contributed by atoms with Crippen LogP contribution < -0.4 is 10.2 Å². The van der Waals surface area contributed by atoms with Gasteiger partial charge in [-0.15, -0.1) is 0 Å². The van der Waals surface area contributed by atoms with Crippen molar-refractivity contribution in [3.63, 3.8) is 0 Å². The third-order valence-corrected chi connectivity index (χ3v) is 4.26.